The first-order valence-electron chi connectivity index (χ1n) is 10.8. The van der Waals surface area contributed by atoms with Gasteiger partial charge in [-0.15, -0.1) is 0 Å². The molecule has 0 radical (unpaired) electrons. The van der Waals surface area contributed by atoms with E-state index in [1.165, 1.54) is 36.1 Å². The summed E-state index contributed by atoms with van der Waals surface area (Å²) in [6, 6.07) is 4.57. The van der Waals surface area contributed by atoms with Gasteiger partial charge in [0.1, 0.15) is 29.2 Å². The molecule has 1 N–H and O–H groups in total. The highest BCUT2D eigenvalue weighted by atomic mass is 19.3. The minimum atomic E-state index is -2.94. The van der Waals surface area contributed by atoms with Crippen molar-refractivity contribution >= 4 is 22.8 Å². The van der Waals surface area contributed by atoms with Gasteiger partial charge in [0.05, 0.1) is 17.0 Å². The Balaban J connectivity index is 1.74. The Morgan fingerprint density at radius 3 is 2.52 bits per heavy atom. The topological polar surface area (TPSA) is 80.1 Å². The predicted octanol–water partition coefficient (Wildman–Crippen LogP) is 4.20. The molecule has 1 amide bonds. The number of anilines is 1. The fourth-order valence-corrected chi connectivity index (χ4v) is 4.16. The molecule has 7 nitrogen and oxygen atoms in total. The van der Waals surface area contributed by atoms with Gasteiger partial charge < -0.3 is 10.2 Å². The maximum Gasteiger partial charge on any atom is 0.266 e. The highest BCUT2D eigenvalue weighted by Gasteiger charge is 2.24. The van der Waals surface area contributed by atoms with Gasteiger partial charge >= 0.3 is 0 Å². The number of likely N-dealkylation sites (tertiary alicyclic amines) is 1. The summed E-state index contributed by atoms with van der Waals surface area (Å²) in [6.45, 7) is 2.80. The van der Waals surface area contributed by atoms with Crippen LogP contribution in [-0.4, -0.2) is 38.4 Å². The van der Waals surface area contributed by atoms with Crippen molar-refractivity contribution in [1.82, 2.24) is 19.4 Å². The first-order chi connectivity index (χ1) is 15.8. The molecule has 1 aliphatic rings. The zero-order valence-electron chi connectivity index (χ0n) is 18.3. The molecular formula is C23H24F3N5O2. The standard InChI is InChI=1S/C23H24F3N5O2/c1-13(14-7-6-8-15(18(14)24)19(25)26)29-20-16-11-17(23(33)31-9-4-3-5-10-31)22(32)30(2)21(16)28-12-27-20/h6-8,11-13,19H,3-5,9-10H2,1-2H3,(H,27,28,29)/t13-/m1/s1. The first-order valence-corrected chi connectivity index (χ1v) is 10.8. The van der Waals surface area contributed by atoms with E-state index in [2.05, 4.69) is 15.3 Å². The molecule has 1 aromatic carbocycles. The fourth-order valence-electron chi connectivity index (χ4n) is 4.16. The Bertz CT molecular complexity index is 1250. The third-order valence-corrected chi connectivity index (χ3v) is 5.99. The SMILES string of the molecule is C[C@@H](Nc1ncnc2c1cc(C(=O)N1CCCCC1)c(=O)n2C)c1cccc(C(F)F)c1F. The summed E-state index contributed by atoms with van der Waals surface area (Å²) >= 11 is 0. The summed E-state index contributed by atoms with van der Waals surface area (Å²) in [7, 11) is 1.52. The largest absolute Gasteiger partial charge is 0.363 e. The lowest BCUT2D eigenvalue weighted by atomic mass is 10.0. The van der Waals surface area contributed by atoms with E-state index in [4.69, 9.17) is 0 Å². The lowest BCUT2D eigenvalue weighted by Gasteiger charge is -2.26. The molecule has 33 heavy (non-hydrogen) atoms. The zero-order chi connectivity index (χ0) is 23.7. The quantitative estimate of drug-likeness (QED) is 0.619. The molecule has 10 heteroatoms. The smallest absolute Gasteiger partial charge is 0.266 e. The molecule has 1 atom stereocenters. The Kier molecular flexibility index (Phi) is 6.35. The summed E-state index contributed by atoms with van der Waals surface area (Å²) in [4.78, 5) is 36.0. The molecule has 0 unspecified atom stereocenters. The van der Waals surface area contributed by atoms with Crippen molar-refractivity contribution < 1.29 is 18.0 Å². The van der Waals surface area contributed by atoms with Crippen LogP contribution in [0.5, 0.6) is 0 Å². The summed E-state index contributed by atoms with van der Waals surface area (Å²) < 4.78 is 42.1. The number of alkyl halides is 2. The van der Waals surface area contributed by atoms with E-state index in [9.17, 15) is 22.8 Å². The first kappa shape index (κ1) is 22.8. The van der Waals surface area contributed by atoms with E-state index in [0.29, 0.717) is 24.1 Å². The van der Waals surface area contributed by atoms with E-state index in [0.717, 1.165) is 25.3 Å². The van der Waals surface area contributed by atoms with Crippen molar-refractivity contribution in [3.05, 3.63) is 63.5 Å². The maximum atomic E-state index is 14.6. The predicted molar refractivity (Wildman–Crippen MR) is 118 cm³/mol. The zero-order valence-corrected chi connectivity index (χ0v) is 18.3. The number of piperidine rings is 1. The van der Waals surface area contributed by atoms with Crippen molar-refractivity contribution in [2.75, 3.05) is 18.4 Å². The number of hydrogen-bond acceptors (Lipinski definition) is 5. The number of aromatic nitrogens is 3. The monoisotopic (exact) mass is 459 g/mol. The number of carbonyl (C=O) groups excluding carboxylic acids is 1. The normalized spacial score (nSPS) is 15.2. The van der Waals surface area contributed by atoms with Crippen LogP contribution in [0, 0.1) is 5.82 Å². The van der Waals surface area contributed by atoms with Gasteiger partial charge in [0.25, 0.3) is 17.9 Å². The summed E-state index contributed by atoms with van der Waals surface area (Å²) in [5.74, 6) is -1.08. The van der Waals surface area contributed by atoms with Crippen molar-refractivity contribution in [2.24, 2.45) is 7.05 Å². The Morgan fingerprint density at radius 2 is 1.82 bits per heavy atom. The number of fused-ring (bicyclic) bond motifs is 1. The number of amides is 1. The molecule has 2 aromatic heterocycles. The van der Waals surface area contributed by atoms with Gasteiger partial charge in [0, 0.05) is 25.7 Å². The van der Waals surface area contributed by atoms with Crippen molar-refractivity contribution in [2.45, 2.75) is 38.7 Å². The molecule has 3 aromatic rings. The minimum absolute atomic E-state index is 0.00304. The van der Waals surface area contributed by atoms with Crippen LogP contribution >= 0.6 is 0 Å². The average molecular weight is 459 g/mol. The van der Waals surface area contributed by atoms with E-state index in [-0.39, 0.29) is 22.9 Å². The van der Waals surface area contributed by atoms with Crippen LogP contribution in [0.4, 0.5) is 19.0 Å². The number of rotatable bonds is 5. The van der Waals surface area contributed by atoms with Crippen molar-refractivity contribution in [3.63, 3.8) is 0 Å². The van der Waals surface area contributed by atoms with Crippen molar-refractivity contribution in [3.8, 4) is 0 Å². The van der Waals surface area contributed by atoms with Crippen LogP contribution in [0.2, 0.25) is 0 Å². The van der Waals surface area contributed by atoms with Gasteiger partial charge in [-0.05, 0) is 32.3 Å². The molecule has 3 heterocycles. The van der Waals surface area contributed by atoms with Gasteiger partial charge in [0.2, 0.25) is 0 Å². The summed E-state index contributed by atoms with van der Waals surface area (Å²) in [6.07, 6.45) is 1.12. The molecular weight excluding hydrogens is 435 g/mol. The Morgan fingerprint density at radius 1 is 1.12 bits per heavy atom. The van der Waals surface area contributed by atoms with Gasteiger partial charge in [-0.1, -0.05) is 18.2 Å². The van der Waals surface area contributed by atoms with Crippen LogP contribution in [0.1, 0.15) is 60.1 Å². The number of nitrogens with one attached hydrogen (secondary N) is 1. The number of halogens is 3. The van der Waals surface area contributed by atoms with E-state index < -0.39 is 29.4 Å². The Hall–Kier alpha value is -3.43. The molecule has 1 aliphatic heterocycles. The molecule has 1 fully saturated rings. The highest BCUT2D eigenvalue weighted by Crippen LogP contribution is 2.30. The highest BCUT2D eigenvalue weighted by molar-refractivity contribution is 5.99. The minimum Gasteiger partial charge on any atom is -0.363 e. The molecule has 0 saturated carbocycles. The number of nitrogens with zero attached hydrogens (tertiary/aromatic N) is 4. The number of aryl methyl sites for hydroxylation is 1. The average Bonchev–Trinajstić information content (AvgIpc) is 2.81. The van der Waals surface area contributed by atoms with Crippen LogP contribution in [0.25, 0.3) is 11.0 Å². The van der Waals surface area contributed by atoms with Gasteiger partial charge in [-0.2, -0.15) is 0 Å². The number of benzene rings is 1. The van der Waals surface area contributed by atoms with Gasteiger partial charge in [-0.25, -0.2) is 23.1 Å². The molecule has 1 saturated heterocycles. The lowest BCUT2D eigenvalue weighted by Crippen LogP contribution is -2.39. The summed E-state index contributed by atoms with van der Waals surface area (Å²) in [5, 5.41) is 3.42. The maximum absolute atomic E-state index is 14.6. The van der Waals surface area contributed by atoms with Gasteiger partial charge in [-0.3, -0.25) is 14.2 Å². The second kappa shape index (κ2) is 9.21. The fraction of sp³-hybridized carbons (Fsp3) is 0.391. The van der Waals surface area contributed by atoms with E-state index in [1.54, 1.807) is 11.8 Å². The van der Waals surface area contributed by atoms with Crippen LogP contribution in [0.15, 0.2) is 35.4 Å². The third kappa shape index (κ3) is 4.29. The second-order valence-electron chi connectivity index (χ2n) is 8.15. The number of pyridine rings is 1. The van der Waals surface area contributed by atoms with E-state index in [1.807, 2.05) is 0 Å². The van der Waals surface area contributed by atoms with Crippen LogP contribution in [0.3, 0.4) is 0 Å². The molecule has 174 valence electrons. The molecule has 4 rings (SSSR count). The second-order valence-corrected chi connectivity index (χ2v) is 8.15. The van der Waals surface area contributed by atoms with E-state index >= 15 is 0 Å². The van der Waals surface area contributed by atoms with Crippen LogP contribution in [-0.2, 0) is 7.05 Å². The summed E-state index contributed by atoms with van der Waals surface area (Å²) in [5.41, 5.74) is -0.795. The third-order valence-electron chi connectivity index (χ3n) is 5.99. The molecule has 0 bridgehead atoms. The number of carbonyl (C=O) groups is 1. The molecule has 0 aliphatic carbocycles. The number of hydrogen-bond donors (Lipinski definition) is 1. The van der Waals surface area contributed by atoms with Crippen molar-refractivity contribution in [1.29, 1.82) is 0 Å². The van der Waals surface area contributed by atoms with Gasteiger partial charge in [0.15, 0.2) is 0 Å². The lowest BCUT2D eigenvalue weighted by molar-refractivity contribution is 0.0722. The molecule has 0 spiro atoms. The Labute approximate surface area is 188 Å². The van der Waals surface area contributed by atoms with Crippen LogP contribution < -0.4 is 10.9 Å².